The number of phenols is 2. The summed E-state index contributed by atoms with van der Waals surface area (Å²) in [5, 5.41) is 94.7. The number of hydrogen-bond donors (Lipinski definition) is 27. The zero-order valence-electron chi connectivity index (χ0n) is 74.8. The van der Waals surface area contributed by atoms with Crippen molar-refractivity contribution >= 4 is 130 Å². The summed E-state index contributed by atoms with van der Waals surface area (Å²) < 4.78 is 12.1. The lowest BCUT2D eigenvalue weighted by atomic mass is 9.77. The number of nitrogens with two attached hydrogens (primary N) is 3. The van der Waals surface area contributed by atoms with Crippen LogP contribution in [0.2, 0.25) is 0 Å². The number of H-pyrrole nitrogens is 2. The molecule has 136 heavy (non-hydrogen) atoms. The van der Waals surface area contributed by atoms with Gasteiger partial charge in [-0.3, -0.25) is 96.5 Å². The summed E-state index contributed by atoms with van der Waals surface area (Å²) in [4.78, 5) is 295. The zero-order chi connectivity index (χ0) is 101. The van der Waals surface area contributed by atoms with E-state index in [1.807, 2.05) is 0 Å². The quantitative estimate of drug-likeness (QED) is 0.00745. The van der Waals surface area contributed by atoms with Crippen molar-refractivity contribution in [3.05, 3.63) is 119 Å². The minimum atomic E-state index is -1.99. The predicted molar refractivity (Wildman–Crippen MR) is 468 cm³/mol. The van der Waals surface area contributed by atoms with Crippen molar-refractivity contribution in [2.24, 2.45) is 23.1 Å². The maximum absolute atomic E-state index is 14.3. The van der Waals surface area contributed by atoms with Gasteiger partial charge < -0.3 is 147 Å². The molecule has 0 saturated heterocycles. The summed E-state index contributed by atoms with van der Waals surface area (Å²) in [5.41, 5.74) is 15.3. The molecular weight excluding hydrogens is 1790 g/mol. The zero-order valence-corrected chi connectivity index (χ0v) is 74.8. The van der Waals surface area contributed by atoms with E-state index in [0.29, 0.717) is 0 Å². The minimum Gasteiger partial charge on any atom is -0.508 e. The minimum absolute atomic E-state index is 0.0280. The number of primary amides is 2. The Balaban J connectivity index is 0.940. The maximum Gasteiger partial charge on any atom is 0.340 e. The van der Waals surface area contributed by atoms with E-state index in [0.717, 1.165) is 13.8 Å². The van der Waals surface area contributed by atoms with Crippen LogP contribution < -0.4 is 107 Å². The number of ether oxygens (including phenoxy) is 2. The van der Waals surface area contributed by atoms with Crippen molar-refractivity contribution in [3.63, 3.8) is 0 Å². The van der Waals surface area contributed by atoms with Gasteiger partial charge in [-0.15, -0.1) is 0 Å². The molecule has 5 aromatic rings. The van der Waals surface area contributed by atoms with Gasteiger partial charge in [0, 0.05) is 85.4 Å². The van der Waals surface area contributed by atoms with Crippen LogP contribution in [0.1, 0.15) is 168 Å². The van der Waals surface area contributed by atoms with Gasteiger partial charge in [0.25, 0.3) is 5.91 Å². The number of fused-ring (bicyclic) bond motifs is 6. The Morgan fingerprint density at radius 3 is 1.29 bits per heavy atom. The first kappa shape index (κ1) is 107. The standard InChI is InChI=1S/C84H110N24O28/c1-9-36(2)66(80(131)107-58(30-62(86)112)79(130)104-53(19-22-64(114)115)75(126)97-37(3)67(118)92-33-63(113)101-55(81(132)133)11-10-24-91-83(87)88)108-76(127)54(20-23-65(116)117)102-70(121)42(8)100-78(129)57(27-45-32-90-35-94-45)106-72(123)41(7)96-69(120)39(5)99-77(128)56(26-44-31-89-34-93-44)105-71(122)40(6)95-68(119)38(4)98-74(125)52(18-21-61(85)111)103-73(124)43-12-15-48-51(25-43)84(136-82(48)134)49-16-13-46(109)28-59(49)135-60-29-47(110)14-17-50(60)84/h12-17,25,28-29,31-32,34-42,52-58,66,109-110H,9-11,18-24,26-27,30,33H2,1-8H3,(H2,85,111)(H2,86,112)(H,89,93)(H,90,94)(H,92,118)(H,95,119)(H,96,120)(H,97,126)(H,98,125)(H,99,128)(H,100,129)(H,101,113)(H,102,121)(H,103,124)(H,104,130)(H,105,122)(H,106,123)(H,107,131)(H,108,127)(H,114,115)(H,116,117)(H,132,133)(H4,87,88,91)/t36-,37-,38-,39-,40-,41-,42-,52-,53-,54-,55-,56-,57-,58-,66-/m0/s1. The molecule has 17 amide bonds. The normalized spacial score (nSPS) is 15.2. The number of carboxylic acid groups (broad SMARTS) is 3. The van der Waals surface area contributed by atoms with Crippen LogP contribution in [0.15, 0.2) is 79.6 Å². The van der Waals surface area contributed by atoms with Crippen molar-refractivity contribution in [1.29, 1.82) is 5.41 Å². The van der Waals surface area contributed by atoms with Crippen LogP contribution in [0, 0.1) is 11.3 Å². The summed E-state index contributed by atoms with van der Waals surface area (Å²) in [6.45, 7) is 9.45. The summed E-state index contributed by atoms with van der Waals surface area (Å²) in [7, 11) is 0. The summed E-state index contributed by atoms with van der Waals surface area (Å²) in [6, 6.07) is -10.6. The number of aromatic hydroxyl groups is 2. The monoisotopic (exact) mass is 1900 g/mol. The highest BCUT2D eigenvalue weighted by atomic mass is 16.6. The van der Waals surface area contributed by atoms with Gasteiger partial charge in [-0.05, 0) is 122 Å². The first-order valence-corrected chi connectivity index (χ1v) is 42.6. The highest BCUT2D eigenvalue weighted by Gasteiger charge is 2.54. The number of nitrogens with zero attached hydrogens (tertiary/aromatic N) is 2. The van der Waals surface area contributed by atoms with Crippen molar-refractivity contribution in [3.8, 4) is 23.0 Å². The molecule has 52 nitrogen and oxygen atoms in total. The Labute approximate surface area is 773 Å². The van der Waals surface area contributed by atoms with Gasteiger partial charge >= 0.3 is 23.9 Å². The van der Waals surface area contributed by atoms with Crippen molar-refractivity contribution in [1.82, 2.24) is 105 Å². The fourth-order valence-corrected chi connectivity index (χ4v) is 13.8. The van der Waals surface area contributed by atoms with Crippen LogP contribution in [0.4, 0.5) is 0 Å². The lowest BCUT2D eigenvalue weighted by molar-refractivity contribution is -0.142. The second-order valence-electron chi connectivity index (χ2n) is 32.1. The second-order valence-corrected chi connectivity index (χ2v) is 32.1. The highest BCUT2D eigenvalue weighted by Crippen LogP contribution is 2.57. The maximum atomic E-state index is 14.3. The molecule has 0 radical (unpaired) electrons. The number of aromatic amines is 2. The summed E-state index contributed by atoms with van der Waals surface area (Å²) in [6.07, 6.45) is -0.0838. The number of phenolic OH excluding ortho intramolecular Hbond substituents is 2. The Morgan fingerprint density at radius 2 is 0.853 bits per heavy atom. The number of nitrogens with one attached hydrogen (secondary N) is 19. The molecule has 7 rings (SSSR count). The third-order valence-corrected chi connectivity index (χ3v) is 21.5. The van der Waals surface area contributed by atoms with Gasteiger partial charge in [-0.25, -0.2) is 19.6 Å². The van der Waals surface area contributed by atoms with Crippen LogP contribution in [0.25, 0.3) is 0 Å². The predicted octanol–water partition coefficient (Wildman–Crippen LogP) is -6.50. The van der Waals surface area contributed by atoms with Crippen LogP contribution in [-0.4, -0.2) is 273 Å². The lowest BCUT2D eigenvalue weighted by Crippen LogP contribution is -2.61. The molecule has 0 bridgehead atoms. The number of aromatic nitrogens is 4. The summed E-state index contributed by atoms with van der Waals surface area (Å²) >= 11 is 0. The molecule has 2 aliphatic heterocycles. The van der Waals surface area contributed by atoms with Gasteiger partial charge in [0.2, 0.25) is 94.5 Å². The van der Waals surface area contributed by atoms with Crippen LogP contribution in [0.5, 0.6) is 23.0 Å². The average molecular weight is 1900 g/mol. The fourth-order valence-electron chi connectivity index (χ4n) is 13.8. The van der Waals surface area contributed by atoms with Crippen molar-refractivity contribution in [2.75, 3.05) is 13.1 Å². The van der Waals surface area contributed by atoms with E-state index in [1.54, 1.807) is 6.92 Å². The number of guanidine groups is 1. The fraction of sp³-hybridized carbons (Fsp3) is 0.452. The number of carbonyl (C=O) groups is 21. The number of carbonyl (C=O) groups excluding carboxylic acids is 18. The number of benzene rings is 3. The molecule has 3 aromatic carbocycles. The molecule has 30 N–H and O–H groups in total. The molecule has 4 heterocycles. The number of amides is 17. The highest BCUT2D eigenvalue weighted by molar-refractivity contribution is 6.04. The SMILES string of the molecule is CC[C@H](C)[C@H](NC(=O)[C@H](CCC(=O)O)NC(=O)[C@H](C)NC(=O)[C@H](Cc1c[nH]cn1)NC(=O)[C@H](C)NC(=O)[C@H](C)NC(=O)[C@H](Cc1c[nH]cn1)NC(=O)[C@H](C)NC(=O)[C@H](C)NC(=O)[C@H](CCC(N)=O)NC(=O)c1ccc2c(c1)C1(OC2=O)c2ccc(O)cc2Oc2cc(O)ccc21)C(=O)N[C@@H](CC(N)=O)C(=O)N[C@@H](CCC(=O)O)C(=O)N[C@@H](C)C(=O)NCC(=O)N[C@@H](CCCNC(=N)N)C(=O)O. The number of rotatable bonds is 52. The molecule has 734 valence electrons. The molecule has 1 spiro atoms. The molecule has 2 aromatic heterocycles. The van der Waals surface area contributed by atoms with Crippen molar-refractivity contribution < 1.29 is 136 Å². The molecule has 0 fully saturated rings. The smallest absolute Gasteiger partial charge is 0.340 e. The van der Waals surface area contributed by atoms with Gasteiger partial charge in [0.05, 0.1) is 42.6 Å². The number of imidazole rings is 2. The van der Waals surface area contributed by atoms with Gasteiger partial charge in [-0.2, -0.15) is 0 Å². The van der Waals surface area contributed by atoms with E-state index in [1.165, 1.54) is 114 Å². The van der Waals surface area contributed by atoms with E-state index in [9.17, 15) is 126 Å². The molecular formula is C84H110N24O28. The Kier molecular flexibility index (Phi) is 38.6. The third kappa shape index (κ3) is 30.6. The van der Waals surface area contributed by atoms with E-state index < -0.39 is 272 Å². The third-order valence-electron chi connectivity index (χ3n) is 21.5. The van der Waals surface area contributed by atoms with Gasteiger partial charge in [0.15, 0.2) is 11.6 Å². The topological polar surface area (TPSA) is 830 Å². The van der Waals surface area contributed by atoms with Crippen LogP contribution in [-0.2, 0) is 114 Å². The molecule has 15 atom stereocenters. The van der Waals surface area contributed by atoms with Gasteiger partial charge in [-0.1, -0.05) is 20.3 Å². The average Bonchev–Trinajstić information content (AvgIpc) is 1.46. The number of esters is 1. The lowest BCUT2D eigenvalue weighted by Gasteiger charge is -2.36. The van der Waals surface area contributed by atoms with E-state index in [2.05, 4.69) is 105 Å². The Bertz CT molecular complexity index is 5290. The van der Waals surface area contributed by atoms with Crippen molar-refractivity contribution in [2.45, 2.75) is 223 Å². The first-order chi connectivity index (χ1) is 64.1. The largest absolute Gasteiger partial charge is 0.508 e. The van der Waals surface area contributed by atoms with Crippen LogP contribution in [0.3, 0.4) is 0 Å². The number of carboxylic acids is 3. The molecule has 0 aliphatic carbocycles. The molecule has 0 saturated carbocycles. The summed E-state index contributed by atoms with van der Waals surface area (Å²) in [5.74, 6) is -24.8. The second kappa shape index (κ2) is 49.2. The molecule has 2 aliphatic rings. The van der Waals surface area contributed by atoms with Crippen LogP contribution >= 0.6 is 0 Å². The van der Waals surface area contributed by atoms with E-state index >= 15 is 0 Å². The van der Waals surface area contributed by atoms with E-state index in [-0.39, 0.29) is 107 Å². The van der Waals surface area contributed by atoms with Gasteiger partial charge in [0.1, 0.15) is 108 Å². The molecule has 52 heteroatoms. The van der Waals surface area contributed by atoms with E-state index in [4.69, 9.17) is 32.1 Å². The number of aliphatic carboxylic acids is 3. The molecule has 0 unspecified atom stereocenters. The Hall–Kier alpha value is -16.4. The number of hydrogen-bond acceptors (Lipinski definition) is 28. The first-order valence-electron chi connectivity index (χ1n) is 42.6. The Morgan fingerprint density at radius 1 is 0.441 bits per heavy atom.